The Morgan fingerprint density at radius 1 is 0.960 bits per heavy atom. The number of hydrogen-bond donors (Lipinski definition) is 3. The van der Waals surface area contributed by atoms with Gasteiger partial charge in [-0.3, -0.25) is 4.79 Å². The summed E-state index contributed by atoms with van der Waals surface area (Å²) in [4.78, 5) is 11.7. The second-order valence-corrected chi connectivity index (χ2v) is 6.61. The van der Waals surface area contributed by atoms with Crippen LogP contribution in [0.3, 0.4) is 0 Å². The molecule has 0 unspecified atom stereocenters. The standard InChI is InChI=1S/C15H14F3N3O3S/c16-15(17,18)10-1-3-11(4-2-10)20-9-14(22)21-12-5-7-13(8-6-12)25(19,23)24/h1-8,20H,9H2,(H,21,22)(H2,19,23,24). The zero-order valence-corrected chi connectivity index (χ0v) is 13.5. The highest BCUT2D eigenvalue weighted by atomic mass is 32.2. The quantitative estimate of drug-likeness (QED) is 0.749. The molecule has 1 amide bonds. The van der Waals surface area contributed by atoms with E-state index in [1.165, 1.54) is 36.4 Å². The fourth-order valence-electron chi connectivity index (χ4n) is 1.89. The van der Waals surface area contributed by atoms with Crippen LogP contribution in [-0.2, 0) is 21.0 Å². The predicted octanol–water partition coefficient (Wildman–Crippen LogP) is 2.40. The van der Waals surface area contributed by atoms with Crippen LogP contribution in [0.5, 0.6) is 0 Å². The number of alkyl halides is 3. The third kappa shape index (κ3) is 5.47. The summed E-state index contributed by atoms with van der Waals surface area (Å²) >= 11 is 0. The van der Waals surface area contributed by atoms with Gasteiger partial charge in [0.15, 0.2) is 0 Å². The van der Waals surface area contributed by atoms with E-state index in [9.17, 15) is 26.4 Å². The number of anilines is 2. The van der Waals surface area contributed by atoms with E-state index < -0.39 is 27.7 Å². The Balaban J connectivity index is 1.90. The van der Waals surface area contributed by atoms with Gasteiger partial charge in [-0.15, -0.1) is 0 Å². The highest BCUT2D eigenvalue weighted by Crippen LogP contribution is 2.29. The van der Waals surface area contributed by atoms with Gasteiger partial charge in [-0.25, -0.2) is 13.6 Å². The first-order valence-corrected chi connectivity index (χ1v) is 8.44. The zero-order valence-electron chi connectivity index (χ0n) is 12.7. The van der Waals surface area contributed by atoms with Crippen molar-refractivity contribution in [3.8, 4) is 0 Å². The lowest BCUT2D eigenvalue weighted by atomic mass is 10.2. The van der Waals surface area contributed by atoms with Gasteiger partial charge in [-0.1, -0.05) is 0 Å². The van der Waals surface area contributed by atoms with Crippen molar-refractivity contribution in [2.75, 3.05) is 17.2 Å². The average molecular weight is 373 g/mol. The van der Waals surface area contributed by atoms with Crippen LogP contribution in [-0.4, -0.2) is 20.9 Å². The summed E-state index contributed by atoms with van der Waals surface area (Å²) in [6, 6.07) is 9.49. The second kappa shape index (κ2) is 7.11. The van der Waals surface area contributed by atoms with Gasteiger partial charge >= 0.3 is 6.18 Å². The number of carbonyl (C=O) groups excluding carboxylic acids is 1. The minimum Gasteiger partial charge on any atom is -0.376 e. The number of hydrogen-bond acceptors (Lipinski definition) is 4. The molecule has 0 aliphatic carbocycles. The molecule has 6 nitrogen and oxygen atoms in total. The Morgan fingerprint density at radius 2 is 1.48 bits per heavy atom. The van der Waals surface area contributed by atoms with Gasteiger partial charge in [0.1, 0.15) is 0 Å². The lowest BCUT2D eigenvalue weighted by molar-refractivity contribution is -0.137. The summed E-state index contributed by atoms with van der Waals surface area (Å²) in [5.41, 5.74) is -0.0724. The first kappa shape index (κ1) is 18.7. The van der Waals surface area contributed by atoms with Crippen molar-refractivity contribution in [2.45, 2.75) is 11.1 Å². The number of halogens is 3. The van der Waals surface area contributed by atoms with Crippen LogP contribution in [0.1, 0.15) is 5.56 Å². The molecule has 10 heteroatoms. The number of benzene rings is 2. The van der Waals surface area contributed by atoms with Crippen LogP contribution in [0, 0.1) is 0 Å². The molecule has 0 atom stereocenters. The minimum absolute atomic E-state index is 0.0895. The Kier molecular flexibility index (Phi) is 5.33. The maximum Gasteiger partial charge on any atom is 0.416 e. The third-order valence-corrected chi connectivity index (χ3v) is 4.06. The average Bonchev–Trinajstić information content (AvgIpc) is 2.52. The normalized spacial score (nSPS) is 11.8. The lowest BCUT2D eigenvalue weighted by Gasteiger charge is -2.10. The molecule has 0 fully saturated rings. The van der Waals surface area contributed by atoms with E-state index in [1.807, 2.05) is 0 Å². The van der Waals surface area contributed by atoms with E-state index >= 15 is 0 Å². The van der Waals surface area contributed by atoms with Crippen LogP contribution in [0.4, 0.5) is 24.5 Å². The van der Waals surface area contributed by atoms with Crippen LogP contribution in [0.25, 0.3) is 0 Å². The molecule has 0 aliphatic rings. The van der Waals surface area contributed by atoms with Gasteiger partial charge in [0.2, 0.25) is 15.9 Å². The van der Waals surface area contributed by atoms with Crippen molar-refractivity contribution in [1.82, 2.24) is 0 Å². The van der Waals surface area contributed by atoms with E-state index in [0.717, 1.165) is 12.1 Å². The van der Waals surface area contributed by atoms with Gasteiger partial charge in [0.25, 0.3) is 0 Å². The smallest absolute Gasteiger partial charge is 0.376 e. The second-order valence-electron chi connectivity index (χ2n) is 5.05. The molecule has 25 heavy (non-hydrogen) atoms. The van der Waals surface area contributed by atoms with Crippen LogP contribution in [0.2, 0.25) is 0 Å². The zero-order chi connectivity index (χ0) is 18.7. The Hall–Kier alpha value is -2.59. The molecule has 0 saturated heterocycles. The lowest BCUT2D eigenvalue weighted by Crippen LogP contribution is -2.21. The van der Waals surface area contributed by atoms with Gasteiger partial charge in [-0.2, -0.15) is 13.2 Å². The summed E-state index contributed by atoms with van der Waals surface area (Å²) in [5, 5.41) is 10.2. The first-order valence-electron chi connectivity index (χ1n) is 6.89. The molecular formula is C15H14F3N3O3S. The summed E-state index contributed by atoms with van der Waals surface area (Å²) < 4.78 is 59.6. The van der Waals surface area contributed by atoms with Crippen molar-refractivity contribution in [2.24, 2.45) is 5.14 Å². The Morgan fingerprint density at radius 3 is 1.96 bits per heavy atom. The van der Waals surface area contributed by atoms with Crippen LogP contribution in [0.15, 0.2) is 53.4 Å². The van der Waals surface area contributed by atoms with Crippen molar-refractivity contribution in [3.05, 3.63) is 54.1 Å². The highest BCUT2D eigenvalue weighted by Gasteiger charge is 2.29. The van der Waals surface area contributed by atoms with Crippen molar-refractivity contribution in [1.29, 1.82) is 0 Å². The highest BCUT2D eigenvalue weighted by molar-refractivity contribution is 7.89. The van der Waals surface area contributed by atoms with E-state index in [4.69, 9.17) is 5.14 Å². The maximum atomic E-state index is 12.4. The number of primary sulfonamides is 1. The van der Waals surface area contributed by atoms with Crippen LogP contribution >= 0.6 is 0 Å². The van der Waals surface area contributed by atoms with Crippen molar-refractivity contribution < 1.29 is 26.4 Å². The van der Waals surface area contributed by atoms with Gasteiger partial charge in [0.05, 0.1) is 17.0 Å². The fraction of sp³-hybridized carbons (Fsp3) is 0.133. The van der Waals surface area contributed by atoms with E-state index in [-0.39, 0.29) is 11.4 Å². The number of nitrogens with one attached hydrogen (secondary N) is 2. The van der Waals surface area contributed by atoms with Crippen molar-refractivity contribution >= 4 is 27.3 Å². The molecule has 2 aromatic carbocycles. The SMILES string of the molecule is NS(=O)(=O)c1ccc(NC(=O)CNc2ccc(C(F)(F)F)cc2)cc1. The molecule has 2 aromatic rings. The predicted molar refractivity (Wildman–Crippen MR) is 86.4 cm³/mol. The first-order chi connectivity index (χ1) is 11.6. The molecule has 0 heterocycles. The topological polar surface area (TPSA) is 101 Å². The van der Waals surface area contributed by atoms with Gasteiger partial charge < -0.3 is 10.6 Å². The molecule has 4 N–H and O–H groups in total. The minimum atomic E-state index is -4.42. The number of rotatable bonds is 5. The van der Waals surface area contributed by atoms with Gasteiger partial charge in [-0.05, 0) is 48.5 Å². The Labute approximate surface area is 141 Å². The van der Waals surface area contributed by atoms with Crippen LogP contribution < -0.4 is 15.8 Å². The van der Waals surface area contributed by atoms with E-state index in [0.29, 0.717) is 11.4 Å². The summed E-state index contributed by atoms with van der Waals surface area (Å²) in [7, 11) is -3.81. The molecule has 0 aromatic heterocycles. The molecule has 0 bridgehead atoms. The van der Waals surface area contributed by atoms with Crippen molar-refractivity contribution in [3.63, 3.8) is 0 Å². The largest absolute Gasteiger partial charge is 0.416 e. The Bertz CT molecular complexity index is 848. The maximum absolute atomic E-state index is 12.4. The van der Waals surface area contributed by atoms with Gasteiger partial charge in [0, 0.05) is 11.4 Å². The van der Waals surface area contributed by atoms with E-state index in [2.05, 4.69) is 10.6 Å². The third-order valence-electron chi connectivity index (χ3n) is 3.13. The fourth-order valence-corrected chi connectivity index (χ4v) is 2.41. The number of sulfonamides is 1. The number of carbonyl (C=O) groups is 1. The van der Waals surface area contributed by atoms with E-state index in [1.54, 1.807) is 0 Å². The summed E-state index contributed by atoms with van der Waals surface area (Å²) in [6.45, 7) is -0.178. The monoisotopic (exact) mass is 373 g/mol. The number of nitrogens with two attached hydrogens (primary N) is 1. The summed E-state index contributed by atoms with van der Waals surface area (Å²) in [6.07, 6.45) is -4.42. The summed E-state index contributed by atoms with van der Waals surface area (Å²) in [5.74, 6) is -0.455. The molecular weight excluding hydrogens is 359 g/mol. The molecule has 0 saturated carbocycles. The molecule has 0 aliphatic heterocycles. The molecule has 0 spiro atoms. The molecule has 2 rings (SSSR count). The molecule has 0 radical (unpaired) electrons. The number of amides is 1. The molecule has 134 valence electrons.